The van der Waals surface area contributed by atoms with Crippen molar-refractivity contribution in [2.75, 3.05) is 18.4 Å². The molecule has 1 aromatic carbocycles. The number of rotatable bonds is 5. The third kappa shape index (κ3) is 4.25. The first-order valence-electron chi connectivity index (χ1n) is 8.54. The molecule has 1 aromatic heterocycles. The second-order valence-electron chi connectivity index (χ2n) is 6.12. The maximum atomic E-state index is 12.0. The molecule has 3 N–H and O–H groups in total. The van der Waals surface area contributed by atoms with Gasteiger partial charge in [0.1, 0.15) is 5.82 Å². The number of carbonyl (C=O) groups excluding carboxylic acids is 1. The standard InChI is InChI=1S/C19H24N4O/c1-14(15-6-3-2-4-7-15)22-19(24)21-13-11-17-10-9-16-8-5-12-20-18(16)23-17/h2-4,6-7,9-10,14H,5,8,11-13H2,1H3,(H,20,23)(H2,21,22,24). The Hall–Kier alpha value is -2.56. The molecule has 0 aliphatic carbocycles. The summed E-state index contributed by atoms with van der Waals surface area (Å²) in [6.45, 7) is 3.53. The lowest BCUT2D eigenvalue weighted by atomic mass is 10.1. The molecule has 3 rings (SSSR count). The Morgan fingerprint density at radius 3 is 2.92 bits per heavy atom. The molecule has 2 heterocycles. The lowest BCUT2D eigenvalue weighted by Gasteiger charge is -2.18. The summed E-state index contributed by atoms with van der Waals surface area (Å²) in [7, 11) is 0. The van der Waals surface area contributed by atoms with Crippen LogP contribution >= 0.6 is 0 Å². The fourth-order valence-electron chi connectivity index (χ4n) is 2.88. The molecule has 5 heteroatoms. The van der Waals surface area contributed by atoms with Crippen molar-refractivity contribution in [1.82, 2.24) is 15.6 Å². The SMILES string of the molecule is CC(NC(=O)NCCc1ccc2c(n1)NCCC2)c1ccccc1. The van der Waals surface area contributed by atoms with Crippen molar-refractivity contribution >= 4 is 11.8 Å². The first-order valence-corrected chi connectivity index (χ1v) is 8.54. The number of aromatic nitrogens is 1. The van der Waals surface area contributed by atoms with Crippen molar-refractivity contribution < 1.29 is 4.79 Å². The van der Waals surface area contributed by atoms with E-state index in [0.29, 0.717) is 6.54 Å². The van der Waals surface area contributed by atoms with Crippen LogP contribution in [0.15, 0.2) is 42.5 Å². The van der Waals surface area contributed by atoms with E-state index in [-0.39, 0.29) is 12.1 Å². The first kappa shape index (κ1) is 16.3. The summed E-state index contributed by atoms with van der Waals surface area (Å²) >= 11 is 0. The summed E-state index contributed by atoms with van der Waals surface area (Å²) in [6, 6.07) is 14.0. The fourth-order valence-corrected chi connectivity index (χ4v) is 2.88. The van der Waals surface area contributed by atoms with E-state index in [2.05, 4.69) is 33.1 Å². The van der Waals surface area contributed by atoms with Gasteiger partial charge >= 0.3 is 6.03 Å². The van der Waals surface area contributed by atoms with E-state index >= 15 is 0 Å². The number of nitrogens with zero attached hydrogens (tertiary/aromatic N) is 1. The van der Waals surface area contributed by atoms with Crippen LogP contribution in [0.4, 0.5) is 10.6 Å². The number of amides is 2. The van der Waals surface area contributed by atoms with Crippen LogP contribution in [0.2, 0.25) is 0 Å². The monoisotopic (exact) mass is 324 g/mol. The van der Waals surface area contributed by atoms with Gasteiger partial charge in [-0.25, -0.2) is 9.78 Å². The second-order valence-corrected chi connectivity index (χ2v) is 6.12. The predicted octanol–water partition coefficient (Wildman–Crippen LogP) is 3.04. The zero-order valence-electron chi connectivity index (χ0n) is 14.0. The predicted molar refractivity (Wildman–Crippen MR) is 96.1 cm³/mol. The Morgan fingerprint density at radius 1 is 1.25 bits per heavy atom. The summed E-state index contributed by atoms with van der Waals surface area (Å²) in [6.07, 6.45) is 2.98. The Balaban J connectivity index is 1.45. The number of aryl methyl sites for hydroxylation is 1. The second kappa shape index (κ2) is 7.81. The fraction of sp³-hybridized carbons (Fsp3) is 0.368. The highest BCUT2D eigenvalue weighted by atomic mass is 16.2. The van der Waals surface area contributed by atoms with Crippen LogP contribution < -0.4 is 16.0 Å². The molecule has 0 fully saturated rings. The minimum Gasteiger partial charge on any atom is -0.370 e. The van der Waals surface area contributed by atoms with Gasteiger partial charge < -0.3 is 16.0 Å². The number of fused-ring (bicyclic) bond motifs is 1. The Morgan fingerprint density at radius 2 is 2.08 bits per heavy atom. The highest BCUT2D eigenvalue weighted by Crippen LogP contribution is 2.19. The topological polar surface area (TPSA) is 66.0 Å². The third-order valence-corrected chi connectivity index (χ3v) is 4.27. The van der Waals surface area contributed by atoms with Crippen LogP contribution in [0.5, 0.6) is 0 Å². The van der Waals surface area contributed by atoms with E-state index in [1.165, 1.54) is 5.56 Å². The van der Waals surface area contributed by atoms with Gasteiger partial charge in [-0.15, -0.1) is 0 Å². The summed E-state index contributed by atoms with van der Waals surface area (Å²) in [4.78, 5) is 16.6. The maximum absolute atomic E-state index is 12.0. The van der Waals surface area contributed by atoms with Crippen LogP contribution in [-0.4, -0.2) is 24.1 Å². The molecular formula is C19H24N4O. The highest BCUT2D eigenvalue weighted by molar-refractivity contribution is 5.74. The van der Waals surface area contributed by atoms with Gasteiger partial charge in [0.15, 0.2) is 0 Å². The smallest absolute Gasteiger partial charge is 0.315 e. The summed E-state index contributed by atoms with van der Waals surface area (Å²) in [5.74, 6) is 1.00. The number of hydrogen-bond acceptors (Lipinski definition) is 3. The summed E-state index contributed by atoms with van der Waals surface area (Å²) < 4.78 is 0. The van der Waals surface area contributed by atoms with Crippen LogP contribution in [0.3, 0.4) is 0 Å². The molecule has 1 aliphatic rings. The van der Waals surface area contributed by atoms with Gasteiger partial charge in [-0.05, 0) is 37.0 Å². The lowest BCUT2D eigenvalue weighted by molar-refractivity contribution is 0.238. The normalized spacial score (nSPS) is 14.2. The Kier molecular flexibility index (Phi) is 5.31. The average molecular weight is 324 g/mol. The largest absolute Gasteiger partial charge is 0.370 e. The molecule has 126 valence electrons. The van der Waals surface area contributed by atoms with Crippen molar-refractivity contribution in [2.45, 2.75) is 32.2 Å². The van der Waals surface area contributed by atoms with Crippen molar-refractivity contribution in [1.29, 1.82) is 0 Å². The third-order valence-electron chi connectivity index (χ3n) is 4.27. The van der Waals surface area contributed by atoms with Gasteiger partial charge in [-0.2, -0.15) is 0 Å². The zero-order valence-corrected chi connectivity index (χ0v) is 14.0. The van der Waals surface area contributed by atoms with Crippen LogP contribution in [-0.2, 0) is 12.8 Å². The van der Waals surface area contributed by atoms with Crippen LogP contribution in [0, 0.1) is 0 Å². The van der Waals surface area contributed by atoms with Gasteiger partial charge in [0, 0.05) is 25.2 Å². The lowest BCUT2D eigenvalue weighted by Crippen LogP contribution is -2.38. The van der Waals surface area contributed by atoms with Gasteiger partial charge in [0.25, 0.3) is 0 Å². The Labute approximate surface area is 142 Å². The maximum Gasteiger partial charge on any atom is 0.315 e. The molecule has 24 heavy (non-hydrogen) atoms. The summed E-state index contributed by atoms with van der Waals surface area (Å²) in [5.41, 5.74) is 3.38. The first-order chi connectivity index (χ1) is 11.7. The molecule has 2 amide bonds. The molecule has 0 radical (unpaired) electrons. The number of urea groups is 1. The minimum atomic E-state index is -0.151. The number of pyridine rings is 1. The van der Waals surface area contributed by atoms with E-state index < -0.39 is 0 Å². The van der Waals surface area contributed by atoms with E-state index in [4.69, 9.17) is 0 Å². The Bertz CT molecular complexity index is 687. The van der Waals surface area contributed by atoms with Crippen LogP contribution in [0.25, 0.3) is 0 Å². The van der Waals surface area contributed by atoms with Gasteiger partial charge in [-0.3, -0.25) is 0 Å². The molecular weight excluding hydrogens is 300 g/mol. The number of anilines is 1. The molecule has 1 atom stereocenters. The molecule has 1 aliphatic heterocycles. The van der Waals surface area contributed by atoms with E-state index in [1.54, 1.807) is 0 Å². The number of benzene rings is 1. The van der Waals surface area contributed by atoms with Crippen molar-refractivity contribution in [2.24, 2.45) is 0 Å². The van der Waals surface area contributed by atoms with Gasteiger partial charge in [0.05, 0.1) is 6.04 Å². The van der Waals surface area contributed by atoms with Crippen LogP contribution in [0.1, 0.15) is 36.2 Å². The molecule has 0 spiro atoms. The number of hydrogen-bond donors (Lipinski definition) is 3. The quantitative estimate of drug-likeness (QED) is 0.792. The van der Waals surface area contributed by atoms with Gasteiger partial charge in [0.2, 0.25) is 0 Å². The zero-order chi connectivity index (χ0) is 16.8. The number of nitrogens with one attached hydrogen (secondary N) is 3. The molecule has 2 aromatic rings. The van der Waals surface area contributed by atoms with Crippen molar-refractivity contribution in [3.05, 3.63) is 59.3 Å². The molecule has 0 saturated heterocycles. The molecule has 0 saturated carbocycles. The average Bonchev–Trinajstić information content (AvgIpc) is 2.62. The highest BCUT2D eigenvalue weighted by Gasteiger charge is 2.11. The minimum absolute atomic E-state index is 0.0164. The summed E-state index contributed by atoms with van der Waals surface area (Å²) in [5, 5.41) is 9.19. The van der Waals surface area contributed by atoms with Gasteiger partial charge in [-0.1, -0.05) is 36.4 Å². The molecule has 0 bridgehead atoms. The molecule has 1 unspecified atom stereocenters. The van der Waals surface area contributed by atoms with E-state index in [9.17, 15) is 4.79 Å². The van der Waals surface area contributed by atoms with Crippen molar-refractivity contribution in [3.63, 3.8) is 0 Å². The van der Waals surface area contributed by atoms with Crippen molar-refractivity contribution in [3.8, 4) is 0 Å². The van der Waals surface area contributed by atoms with E-state index in [1.807, 2.05) is 37.3 Å². The number of carbonyl (C=O) groups is 1. The van der Waals surface area contributed by atoms with E-state index in [0.717, 1.165) is 42.9 Å². The molecule has 5 nitrogen and oxygen atoms in total.